The van der Waals surface area contributed by atoms with Crippen molar-refractivity contribution in [2.24, 2.45) is 0 Å². The van der Waals surface area contributed by atoms with Gasteiger partial charge < -0.3 is 15.2 Å². The number of hydrogen-bond donors (Lipinski definition) is 4. The van der Waals surface area contributed by atoms with Crippen LogP contribution in [0.15, 0.2) is 47.5 Å². The molecule has 0 amide bonds. The summed E-state index contributed by atoms with van der Waals surface area (Å²) in [6.45, 7) is -0.231. The molecule has 0 spiro atoms. The molecule has 172 valence electrons. The van der Waals surface area contributed by atoms with Gasteiger partial charge in [-0.25, -0.2) is 22.9 Å². The highest BCUT2D eigenvalue weighted by atomic mass is 32.2. The molecule has 0 unspecified atom stereocenters. The Morgan fingerprint density at radius 1 is 1.19 bits per heavy atom. The standard InChI is InChI=1S/C18H19N3O3S.C2HF3O2/c22-10-9-20-25(23,24)14-5-3-12(4-6-14)15-7-8-19-18-16(15)11-17(21-18)13-1-2-13;3-2(4,5)1(6)7/h3-8,11,13,20,22H,1-2,9-10H2,(H,19,21);(H,6,7). The Kier molecular flexibility index (Phi) is 6.86. The lowest BCUT2D eigenvalue weighted by molar-refractivity contribution is -0.192. The zero-order valence-electron chi connectivity index (χ0n) is 16.6. The molecule has 1 aliphatic carbocycles. The lowest BCUT2D eigenvalue weighted by atomic mass is 10.0. The van der Waals surface area contributed by atoms with Gasteiger partial charge in [0.15, 0.2) is 0 Å². The quantitative estimate of drug-likeness (QED) is 0.437. The molecule has 12 heteroatoms. The number of hydrogen-bond acceptors (Lipinski definition) is 5. The number of aromatic amines is 1. The van der Waals surface area contributed by atoms with Crippen LogP contribution in [0.3, 0.4) is 0 Å². The molecule has 4 rings (SSSR count). The Morgan fingerprint density at radius 3 is 2.34 bits per heavy atom. The minimum Gasteiger partial charge on any atom is -0.475 e. The number of aliphatic hydroxyl groups is 1. The van der Waals surface area contributed by atoms with Crippen LogP contribution in [0.1, 0.15) is 24.5 Å². The van der Waals surface area contributed by atoms with Crippen molar-refractivity contribution in [2.45, 2.75) is 29.8 Å². The lowest BCUT2D eigenvalue weighted by Crippen LogP contribution is -2.26. The zero-order valence-corrected chi connectivity index (χ0v) is 17.4. The van der Waals surface area contributed by atoms with Crippen LogP contribution < -0.4 is 4.72 Å². The number of alkyl halides is 3. The Hall–Kier alpha value is -2.96. The summed E-state index contributed by atoms with van der Waals surface area (Å²) < 4.78 is 58.3. The highest BCUT2D eigenvalue weighted by Crippen LogP contribution is 2.41. The third kappa shape index (κ3) is 5.64. The van der Waals surface area contributed by atoms with Crippen LogP contribution in [0, 0.1) is 0 Å². The third-order valence-electron chi connectivity index (χ3n) is 4.69. The molecule has 3 aromatic rings. The van der Waals surface area contributed by atoms with E-state index in [1.807, 2.05) is 6.07 Å². The summed E-state index contributed by atoms with van der Waals surface area (Å²) in [4.78, 5) is 16.9. The fraction of sp³-hybridized carbons (Fsp3) is 0.300. The first-order valence-corrected chi connectivity index (χ1v) is 11.0. The van der Waals surface area contributed by atoms with E-state index < -0.39 is 22.2 Å². The first kappa shape index (κ1) is 23.7. The highest BCUT2D eigenvalue weighted by Gasteiger charge is 2.38. The van der Waals surface area contributed by atoms with Gasteiger partial charge in [0.05, 0.1) is 11.5 Å². The molecule has 8 nitrogen and oxygen atoms in total. The Bertz CT molecular complexity index is 1200. The van der Waals surface area contributed by atoms with E-state index in [0.29, 0.717) is 5.92 Å². The second-order valence-electron chi connectivity index (χ2n) is 7.07. The number of nitrogens with zero attached hydrogens (tertiary/aromatic N) is 1. The maximum atomic E-state index is 12.1. The summed E-state index contributed by atoms with van der Waals surface area (Å²) in [5.41, 5.74) is 4.05. The van der Waals surface area contributed by atoms with E-state index in [-0.39, 0.29) is 18.0 Å². The number of halogens is 3. The second-order valence-corrected chi connectivity index (χ2v) is 8.84. The molecule has 1 aliphatic rings. The molecule has 4 N–H and O–H groups in total. The van der Waals surface area contributed by atoms with Gasteiger partial charge in [-0.2, -0.15) is 13.2 Å². The van der Waals surface area contributed by atoms with Gasteiger partial charge in [0, 0.05) is 23.8 Å². The molecule has 1 saturated carbocycles. The van der Waals surface area contributed by atoms with Gasteiger partial charge in [-0.05, 0) is 54.2 Å². The van der Waals surface area contributed by atoms with Gasteiger partial charge in [0.1, 0.15) is 5.65 Å². The number of rotatable bonds is 6. The number of aromatic nitrogens is 2. The average molecular weight is 471 g/mol. The van der Waals surface area contributed by atoms with E-state index >= 15 is 0 Å². The first-order chi connectivity index (χ1) is 15.0. The van der Waals surface area contributed by atoms with Gasteiger partial charge in [0.25, 0.3) is 0 Å². The van der Waals surface area contributed by atoms with Crippen LogP contribution in [-0.2, 0) is 14.8 Å². The van der Waals surface area contributed by atoms with Crippen LogP contribution in [0.2, 0.25) is 0 Å². The van der Waals surface area contributed by atoms with Gasteiger partial charge in [0.2, 0.25) is 10.0 Å². The smallest absolute Gasteiger partial charge is 0.475 e. The fourth-order valence-corrected chi connectivity index (χ4v) is 4.01. The number of aliphatic hydroxyl groups excluding tert-OH is 1. The summed E-state index contributed by atoms with van der Waals surface area (Å²) in [6.07, 6.45) is -0.886. The number of H-pyrrole nitrogens is 1. The molecule has 1 fully saturated rings. The average Bonchev–Trinajstić information content (AvgIpc) is 3.50. The van der Waals surface area contributed by atoms with Crippen molar-refractivity contribution in [1.29, 1.82) is 0 Å². The fourth-order valence-electron chi connectivity index (χ4n) is 2.99. The third-order valence-corrected chi connectivity index (χ3v) is 6.17. The van der Waals surface area contributed by atoms with Gasteiger partial charge in [-0.3, -0.25) is 0 Å². The maximum Gasteiger partial charge on any atom is 0.490 e. The number of benzene rings is 1. The largest absolute Gasteiger partial charge is 0.490 e. The van der Waals surface area contributed by atoms with E-state index in [1.54, 1.807) is 30.5 Å². The normalized spacial score (nSPS) is 14.1. The summed E-state index contributed by atoms with van der Waals surface area (Å²) in [7, 11) is -3.59. The second kappa shape index (κ2) is 9.27. The molecule has 0 bridgehead atoms. The molecule has 0 saturated heterocycles. The summed E-state index contributed by atoms with van der Waals surface area (Å²) in [5, 5.41) is 17.0. The Balaban J connectivity index is 0.000000360. The van der Waals surface area contributed by atoms with E-state index in [1.165, 1.54) is 18.5 Å². The molecule has 0 aliphatic heterocycles. The van der Waals surface area contributed by atoms with Crippen LogP contribution in [0.5, 0.6) is 0 Å². The SMILES string of the molecule is O=C(O)C(F)(F)F.O=S(=O)(NCCO)c1ccc(-c2ccnc3[nH]c(C4CC4)cc23)cc1. The van der Waals surface area contributed by atoms with Crippen molar-refractivity contribution in [2.75, 3.05) is 13.2 Å². The predicted octanol–water partition coefficient (Wildman–Crippen LogP) is 3.01. The number of aliphatic carboxylic acids is 1. The number of sulfonamides is 1. The van der Waals surface area contributed by atoms with Crippen molar-refractivity contribution in [3.05, 3.63) is 48.3 Å². The van der Waals surface area contributed by atoms with Crippen LogP contribution >= 0.6 is 0 Å². The molecule has 2 heterocycles. The highest BCUT2D eigenvalue weighted by molar-refractivity contribution is 7.89. The minimum absolute atomic E-state index is 0.00234. The molecule has 0 radical (unpaired) electrons. The number of carboxylic acids is 1. The topological polar surface area (TPSA) is 132 Å². The number of pyridine rings is 1. The molecule has 2 aromatic heterocycles. The van der Waals surface area contributed by atoms with Crippen molar-refractivity contribution in [1.82, 2.24) is 14.7 Å². The van der Waals surface area contributed by atoms with Gasteiger partial charge in [-0.1, -0.05) is 12.1 Å². The van der Waals surface area contributed by atoms with Crippen molar-refractivity contribution in [3.8, 4) is 11.1 Å². The first-order valence-electron chi connectivity index (χ1n) is 9.51. The summed E-state index contributed by atoms with van der Waals surface area (Å²) >= 11 is 0. The van der Waals surface area contributed by atoms with Gasteiger partial charge >= 0.3 is 12.1 Å². The maximum absolute atomic E-state index is 12.1. The van der Waals surface area contributed by atoms with Crippen molar-refractivity contribution >= 4 is 27.0 Å². The predicted molar refractivity (Wildman–Crippen MR) is 109 cm³/mol. The molecular weight excluding hydrogens is 451 g/mol. The van der Waals surface area contributed by atoms with Crippen molar-refractivity contribution < 1.29 is 36.6 Å². The lowest BCUT2D eigenvalue weighted by Gasteiger charge is -2.07. The van der Waals surface area contributed by atoms with Crippen molar-refractivity contribution in [3.63, 3.8) is 0 Å². The Morgan fingerprint density at radius 2 is 1.81 bits per heavy atom. The van der Waals surface area contributed by atoms with Crippen LogP contribution in [-0.4, -0.2) is 53.9 Å². The van der Waals surface area contributed by atoms with E-state index in [4.69, 9.17) is 15.0 Å². The van der Waals surface area contributed by atoms with E-state index in [0.717, 1.165) is 22.2 Å². The van der Waals surface area contributed by atoms with E-state index in [2.05, 4.69) is 20.8 Å². The van der Waals surface area contributed by atoms with E-state index in [9.17, 15) is 21.6 Å². The number of fused-ring (bicyclic) bond motifs is 1. The van der Waals surface area contributed by atoms with Crippen LogP contribution in [0.25, 0.3) is 22.2 Å². The molecular formula is C20H20F3N3O5S. The molecule has 0 atom stereocenters. The number of nitrogens with one attached hydrogen (secondary N) is 2. The van der Waals surface area contributed by atoms with Gasteiger partial charge in [-0.15, -0.1) is 0 Å². The molecule has 32 heavy (non-hydrogen) atoms. The number of carbonyl (C=O) groups is 1. The van der Waals surface area contributed by atoms with Crippen LogP contribution in [0.4, 0.5) is 13.2 Å². The Labute approximate surface area is 181 Å². The summed E-state index contributed by atoms with van der Waals surface area (Å²) in [6, 6.07) is 10.9. The monoisotopic (exact) mass is 471 g/mol. The zero-order chi connectivity index (χ0) is 23.5. The number of carboxylic acid groups (broad SMARTS) is 1. The minimum atomic E-state index is -5.08. The summed E-state index contributed by atoms with van der Waals surface area (Å²) in [5.74, 6) is -2.14. The molecule has 1 aromatic carbocycles.